The molecule has 0 spiro atoms. The van der Waals surface area contributed by atoms with Gasteiger partial charge in [-0.05, 0) is 72.2 Å². The van der Waals surface area contributed by atoms with E-state index in [2.05, 4.69) is 12.1 Å². The summed E-state index contributed by atoms with van der Waals surface area (Å²) in [5.74, 6) is -2.21. The number of hydrogen-bond acceptors (Lipinski definition) is 14. The van der Waals surface area contributed by atoms with Crippen molar-refractivity contribution in [2.75, 3.05) is 28.4 Å². The van der Waals surface area contributed by atoms with Gasteiger partial charge in [-0.15, -0.1) is 22.7 Å². The number of allylic oxidation sites excluding steroid dienone is 2. The molecule has 4 heterocycles. The summed E-state index contributed by atoms with van der Waals surface area (Å²) < 4.78 is 21.1. The van der Waals surface area contributed by atoms with E-state index in [0.717, 1.165) is 43.9 Å². The Morgan fingerprint density at radius 1 is 0.545 bits per heavy atom. The number of thioether (sulfide) groups is 4. The summed E-state index contributed by atoms with van der Waals surface area (Å²) in [7, 11) is 5.18. The molecule has 44 heavy (non-hydrogen) atoms. The van der Waals surface area contributed by atoms with Gasteiger partial charge in [-0.3, -0.25) is 0 Å². The Hall–Kier alpha value is -2.62. The van der Waals surface area contributed by atoms with Crippen LogP contribution in [0.5, 0.6) is 0 Å². The Bertz CT molecular complexity index is 1590. The average Bonchev–Trinajstić information content (AvgIpc) is 3.86. The van der Waals surface area contributed by atoms with Gasteiger partial charge in [-0.25, -0.2) is 19.2 Å². The summed E-state index contributed by atoms with van der Waals surface area (Å²) in [6, 6.07) is 4.41. The largest absolute Gasteiger partial charge is 0.465 e. The van der Waals surface area contributed by atoms with Crippen LogP contribution in [0.4, 0.5) is 0 Å². The van der Waals surface area contributed by atoms with E-state index in [1.807, 2.05) is 12.2 Å². The van der Waals surface area contributed by atoms with Gasteiger partial charge in [0.2, 0.25) is 0 Å². The van der Waals surface area contributed by atoms with Crippen LogP contribution in [-0.4, -0.2) is 52.3 Å². The number of hydrogen-bond donors (Lipinski definition) is 0. The van der Waals surface area contributed by atoms with Gasteiger partial charge in [-0.2, -0.15) is 0 Å². The fraction of sp³-hybridized carbons (Fsp3) is 0.267. The predicted octanol–water partition coefficient (Wildman–Crippen LogP) is 7.28. The summed E-state index contributed by atoms with van der Waals surface area (Å²) in [5.41, 5.74) is 5.40. The van der Waals surface area contributed by atoms with Crippen LogP contribution in [0.2, 0.25) is 0 Å². The van der Waals surface area contributed by atoms with Crippen LogP contribution in [0.15, 0.2) is 40.2 Å². The van der Waals surface area contributed by atoms with Gasteiger partial charge in [0.1, 0.15) is 19.6 Å². The molecule has 0 amide bonds. The zero-order chi connectivity index (χ0) is 31.1. The van der Waals surface area contributed by atoms with E-state index in [0.29, 0.717) is 0 Å². The summed E-state index contributed by atoms with van der Waals surface area (Å²) in [4.78, 5) is 54.7. The lowest BCUT2D eigenvalue weighted by Crippen LogP contribution is -2.08. The lowest BCUT2D eigenvalue weighted by atomic mass is 10.1. The van der Waals surface area contributed by atoms with Crippen LogP contribution in [0, 0.1) is 0 Å². The molecular formula is C30H24O8S6. The van der Waals surface area contributed by atoms with Gasteiger partial charge < -0.3 is 18.9 Å². The fourth-order valence-electron chi connectivity index (χ4n) is 5.13. The van der Waals surface area contributed by atoms with Crippen LogP contribution in [0.3, 0.4) is 0 Å². The number of ether oxygens (including phenoxy) is 4. The highest BCUT2D eigenvalue weighted by atomic mass is 32.2. The van der Waals surface area contributed by atoms with E-state index < -0.39 is 23.9 Å². The minimum Gasteiger partial charge on any atom is -0.465 e. The van der Waals surface area contributed by atoms with E-state index in [1.165, 1.54) is 108 Å². The average molecular weight is 705 g/mol. The third-order valence-corrected chi connectivity index (χ3v) is 14.3. The molecule has 0 radical (unpaired) electrons. The second-order valence-electron chi connectivity index (χ2n) is 9.58. The molecule has 0 unspecified atom stereocenters. The number of thiophene rings is 2. The Kier molecular flexibility index (Phi) is 9.27. The van der Waals surface area contributed by atoms with Crippen molar-refractivity contribution in [3.05, 3.63) is 70.9 Å². The SMILES string of the molecule is COC(=O)C1=C(C(=O)OC)SC(=Cc2cc3c(s2)/C(=C2/CCc4cc(C=C5SC(C(=O)OC)=C(C(=O)OC)S5)sc42)CC3)S1. The van der Waals surface area contributed by atoms with Gasteiger partial charge in [0.25, 0.3) is 0 Å². The molecule has 0 atom stereocenters. The molecule has 0 bridgehead atoms. The zero-order valence-corrected chi connectivity index (χ0v) is 28.8. The normalized spacial score (nSPS) is 18.9. The fourth-order valence-corrected chi connectivity index (χ4v) is 12.7. The number of esters is 4. The summed E-state index contributed by atoms with van der Waals surface area (Å²) in [6.07, 6.45) is 7.96. The molecule has 2 aromatic rings. The smallest absolute Gasteiger partial charge is 0.346 e. The number of fused-ring (bicyclic) bond motifs is 2. The van der Waals surface area contributed by atoms with Crippen LogP contribution < -0.4 is 0 Å². The topological polar surface area (TPSA) is 105 Å². The first kappa shape index (κ1) is 31.4. The van der Waals surface area contributed by atoms with Crippen molar-refractivity contribution in [3.63, 3.8) is 0 Å². The van der Waals surface area contributed by atoms with Crippen LogP contribution in [-0.2, 0) is 51.0 Å². The van der Waals surface area contributed by atoms with Crippen molar-refractivity contribution in [1.29, 1.82) is 0 Å². The predicted molar refractivity (Wildman–Crippen MR) is 181 cm³/mol. The number of rotatable bonds is 6. The number of aryl methyl sites for hydroxylation is 2. The van der Waals surface area contributed by atoms with E-state index in [9.17, 15) is 19.2 Å². The zero-order valence-electron chi connectivity index (χ0n) is 23.9. The highest BCUT2D eigenvalue weighted by molar-refractivity contribution is 8.30. The number of carbonyl (C=O) groups is 4. The molecule has 0 saturated carbocycles. The van der Waals surface area contributed by atoms with Crippen LogP contribution in [0.25, 0.3) is 23.3 Å². The third kappa shape index (κ3) is 5.87. The Balaban J connectivity index is 1.24. The maximum absolute atomic E-state index is 12.3. The van der Waals surface area contributed by atoms with Gasteiger partial charge in [-0.1, -0.05) is 47.0 Å². The first-order valence-corrected chi connectivity index (χ1v) is 18.1. The second-order valence-corrected chi connectivity index (χ2v) is 16.5. The molecule has 0 N–H and O–H groups in total. The third-order valence-electron chi connectivity index (χ3n) is 7.08. The Morgan fingerprint density at radius 3 is 1.16 bits per heavy atom. The first-order valence-electron chi connectivity index (χ1n) is 13.2. The van der Waals surface area contributed by atoms with E-state index in [-0.39, 0.29) is 19.6 Å². The van der Waals surface area contributed by atoms with Crippen molar-refractivity contribution >= 4 is 117 Å². The van der Waals surface area contributed by atoms with Crippen molar-refractivity contribution in [3.8, 4) is 0 Å². The quantitative estimate of drug-likeness (QED) is 0.223. The molecule has 0 saturated heterocycles. The molecule has 8 nitrogen and oxygen atoms in total. The maximum Gasteiger partial charge on any atom is 0.346 e. The van der Waals surface area contributed by atoms with E-state index in [1.54, 1.807) is 22.7 Å². The van der Waals surface area contributed by atoms with Crippen molar-refractivity contribution in [2.24, 2.45) is 0 Å². The summed E-state index contributed by atoms with van der Waals surface area (Å²) in [6.45, 7) is 0. The number of carbonyl (C=O) groups excluding carboxylic acids is 4. The highest BCUT2D eigenvalue weighted by Gasteiger charge is 2.34. The van der Waals surface area contributed by atoms with Gasteiger partial charge in [0.05, 0.1) is 36.9 Å². The van der Waals surface area contributed by atoms with Crippen LogP contribution in [0.1, 0.15) is 43.5 Å². The molecule has 228 valence electrons. The van der Waals surface area contributed by atoms with Gasteiger partial charge >= 0.3 is 23.9 Å². The molecule has 2 aromatic heterocycles. The molecule has 0 aromatic carbocycles. The summed E-state index contributed by atoms with van der Waals surface area (Å²) >= 11 is 8.39. The minimum atomic E-state index is -0.552. The monoisotopic (exact) mass is 704 g/mol. The summed E-state index contributed by atoms with van der Waals surface area (Å²) in [5, 5.41) is 0. The maximum atomic E-state index is 12.3. The molecule has 0 fully saturated rings. The molecule has 2 aliphatic carbocycles. The lowest BCUT2D eigenvalue weighted by molar-refractivity contribution is -0.138. The molecule has 14 heteroatoms. The van der Waals surface area contributed by atoms with E-state index in [4.69, 9.17) is 18.9 Å². The van der Waals surface area contributed by atoms with Gasteiger partial charge in [0, 0.05) is 19.5 Å². The van der Waals surface area contributed by atoms with E-state index >= 15 is 0 Å². The Morgan fingerprint density at radius 2 is 0.864 bits per heavy atom. The van der Waals surface area contributed by atoms with Crippen LogP contribution >= 0.6 is 69.7 Å². The first-order chi connectivity index (χ1) is 21.2. The number of methoxy groups -OCH3 is 4. The van der Waals surface area contributed by atoms with Crippen molar-refractivity contribution in [1.82, 2.24) is 0 Å². The van der Waals surface area contributed by atoms with Crippen molar-refractivity contribution in [2.45, 2.75) is 25.7 Å². The highest BCUT2D eigenvalue weighted by Crippen LogP contribution is 2.54. The molecule has 6 rings (SSSR count). The second kappa shape index (κ2) is 13.0. The lowest BCUT2D eigenvalue weighted by Gasteiger charge is -2.05. The Labute approximate surface area is 278 Å². The molecule has 2 aliphatic heterocycles. The molecular weight excluding hydrogens is 681 g/mol. The standard InChI is InChI=1S/C30H24O8S6/c1-35-27(31)23-24(28(32)36-2)42-19(41-23)11-15-9-13-5-7-17(21(13)39-15)18-8-6-14-10-16(40-22(14)18)12-20-43-25(29(33)37-3)26(44-20)30(34)38-4/h9-12H,5-8H2,1-4H3/b18-17-. The minimum absolute atomic E-state index is 0.248. The molecule has 4 aliphatic rings. The van der Waals surface area contributed by atoms with Gasteiger partial charge in [0.15, 0.2) is 0 Å². The van der Waals surface area contributed by atoms with Crippen molar-refractivity contribution < 1.29 is 38.1 Å².